The third-order valence-electron chi connectivity index (χ3n) is 4.37. The van der Waals surface area contributed by atoms with Gasteiger partial charge in [-0.05, 0) is 44.9 Å². The van der Waals surface area contributed by atoms with Gasteiger partial charge in [0.15, 0.2) is 0 Å². The molecule has 1 saturated heterocycles. The van der Waals surface area contributed by atoms with Crippen molar-refractivity contribution < 1.29 is 9.21 Å². The predicted octanol–water partition coefficient (Wildman–Crippen LogP) is 0.745. The average Bonchev–Trinajstić information content (AvgIpc) is 3.00. The second-order valence-electron chi connectivity index (χ2n) is 6.42. The van der Waals surface area contributed by atoms with Crippen LogP contribution in [0.15, 0.2) is 21.5 Å². The second-order valence-corrected chi connectivity index (χ2v) is 6.42. The van der Waals surface area contributed by atoms with Gasteiger partial charge in [0.2, 0.25) is 0 Å². The van der Waals surface area contributed by atoms with Gasteiger partial charge in [-0.1, -0.05) is 5.21 Å². The number of aryl methyl sites for hydroxylation is 2. The van der Waals surface area contributed by atoms with E-state index in [1.54, 1.807) is 17.8 Å². The third-order valence-corrected chi connectivity index (χ3v) is 4.37. The molecule has 0 aromatic carbocycles. The molecule has 8 nitrogen and oxygen atoms in total. The molecule has 2 aromatic heterocycles. The topological polar surface area (TPSA) is 102 Å². The lowest BCUT2D eigenvalue weighted by atomic mass is 9.95. The Labute approximate surface area is 145 Å². The molecule has 1 fully saturated rings. The Morgan fingerprint density at radius 3 is 2.96 bits per heavy atom. The lowest BCUT2D eigenvalue weighted by Crippen LogP contribution is -2.33. The summed E-state index contributed by atoms with van der Waals surface area (Å²) in [4.78, 5) is 24.6. The molecule has 2 aromatic rings. The van der Waals surface area contributed by atoms with Gasteiger partial charge in [-0.15, -0.1) is 5.10 Å². The van der Waals surface area contributed by atoms with Crippen LogP contribution >= 0.6 is 0 Å². The van der Waals surface area contributed by atoms with Gasteiger partial charge in [0.1, 0.15) is 11.3 Å². The number of piperidine rings is 1. The van der Waals surface area contributed by atoms with E-state index in [-0.39, 0.29) is 11.5 Å². The van der Waals surface area contributed by atoms with E-state index in [9.17, 15) is 9.59 Å². The van der Waals surface area contributed by atoms with Crippen LogP contribution in [0.5, 0.6) is 0 Å². The number of carbonyl (C=O) groups is 1. The smallest absolute Gasteiger partial charge is 0.349 e. The Kier molecular flexibility index (Phi) is 5.28. The number of hydrogen-bond acceptors (Lipinski definition) is 6. The molecule has 0 bridgehead atoms. The highest BCUT2D eigenvalue weighted by Gasteiger charge is 2.22. The van der Waals surface area contributed by atoms with Crippen molar-refractivity contribution >= 4 is 5.91 Å². The Morgan fingerprint density at radius 2 is 2.32 bits per heavy atom. The molecule has 0 saturated carbocycles. The van der Waals surface area contributed by atoms with Crippen LogP contribution in [-0.2, 0) is 6.54 Å². The summed E-state index contributed by atoms with van der Waals surface area (Å²) in [5, 5.41) is 13.8. The molecule has 0 aliphatic carbocycles. The van der Waals surface area contributed by atoms with E-state index in [0.717, 1.165) is 31.6 Å². The van der Waals surface area contributed by atoms with Crippen molar-refractivity contribution in [2.75, 3.05) is 19.6 Å². The standard InChI is InChI=1S/C17H23N5O3/c1-11-8-14(13-4-3-5-18-9-13)25-17(24)15(11)16(23)19-6-7-22-10-12(2)20-21-22/h8,10,13,18H,3-7,9H2,1-2H3,(H,19,23). The molecule has 25 heavy (non-hydrogen) atoms. The first kappa shape index (κ1) is 17.3. The van der Waals surface area contributed by atoms with Crippen LogP contribution in [0.2, 0.25) is 0 Å². The molecule has 0 spiro atoms. The highest BCUT2D eigenvalue weighted by atomic mass is 16.4. The first-order chi connectivity index (χ1) is 12.0. The van der Waals surface area contributed by atoms with Gasteiger partial charge >= 0.3 is 5.63 Å². The summed E-state index contributed by atoms with van der Waals surface area (Å²) in [6.45, 7) is 6.25. The van der Waals surface area contributed by atoms with Crippen LogP contribution in [0.3, 0.4) is 0 Å². The van der Waals surface area contributed by atoms with Crippen LogP contribution in [0.25, 0.3) is 0 Å². The summed E-state index contributed by atoms with van der Waals surface area (Å²) in [7, 11) is 0. The Hall–Kier alpha value is -2.48. The molecule has 1 aliphatic rings. The molecule has 1 aliphatic heterocycles. The fourth-order valence-corrected chi connectivity index (χ4v) is 3.08. The monoisotopic (exact) mass is 345 g/mol. The van der Waals surface area contributed by atoms with Gasteiger partial charge < -0.3 is 15.1 Å². The molecule has 1 atom stereocenters. The molecule has 1 amide bonds. The fraction of sp³-hybridized carbons (Fsp3) is 0.529. The maximum atomic E-state index is 12.3. The minimum atomic E-state index is -0.574. The molecule has 1 unspecified atom stereocenters. The molecular weight excluding hydrogens is 322 g/mol. The number of aromatic nitrogens is 3. The maximum absolute atomic E-state index is 12.3. The van der Waals surface area contributed by atoms with E-state index in [4.69, 9.17) is 4.42 Å². The minimum Gasteiger partial charge on any atom is -0.427 e. The molecule has 8 heteroatoms. The zero-order chi connectivity index (χ0) is 17.8. The van der Waals surface area contributed by atoms with E-state index in [0.29, 0.717) is 24.4 Å². The summed E-state index contributed by atoms with van der Waals surface area (Å²) in [5.74, 6) is 0.425. The van der Waals surface area contributed by atoms with Crippen LogP contribution in [0, 0.1) is 13.8 Å². The zero-order valence-electron chi connectivity index (χ0n) is 14.5. The minimum absolute atomic E-state index is 0.0716. The molecular formula is C17H23N5O3. The van der Waals surface area contributed by atoms with Crippen molar-refractivity contribution in [3.63, 3.8) is 0 Å². The predicted molar refractivity (Wildman–Crippen MR) is 91.7 cm³/mol. The highest BCUT2D eigenvalue weighted by Crippen LogP contribution is 2.23. The summed E-state index contributed by atoms with van der Waals surface area (Å²) >= 11 is 0. The lowest BCUT2D eigenvalue weighted by molar-refractivity contribution is 0.0946. The van der Waals surface area contributed by atoms with Crippen LogP contribution < -0.4 is 16.3 Å². The SMILES string of the molecule is Cc1cn(CCNC(=O)c2c(C)cc(C3CCCNC3)oc2=O)nn1. The lowest BCUT2D eigenvalue weighted by Gasteiger charge is -2.22. The summed E-state index contributed by atoms with van der Waals surface area (Å²) < 4.78 is 7.08. The maximum Gasteiger partial charge on any atom is 0.349 e. The van der Waals surface area contributed by atoms with E-state index in [2.05, 4.69) is 20.9 Å². The van der Waals surface area contributed by atoms with E-state index >= 15 is 0 Å². The summed E-state index contributed by atoms with van der Waals surface area (Å²) in [6, 6.07) is 1.81. The number of carbonyl (C=O) groups excluding carboxylic acids is 1. The van der Waals surface area contributed by atoms with Crippen molar-refractivity contribution in [2.24, 2.45) is 0 Å². The van der Waals surface area contributed by atoms with Crippen LogP contribution in [0.4, 0.5) is 0 Å². The average molecular weight is 345 g/mol. The first-order valence-corrected chi connectivity index (χ1v) is 8.55. The summed E-state index contributed by atoms with van der Waals surface area (Å²) in [6.07, 6.45) is 3.83. The van der Waals surface area contributed by atoms with Crippen molar-refractivity contribution in [3.05, 3.63) is 45.3 Å². The first-order valence-electron chi connectivity index (χ1n) is 8.55. The van der Waals surface area contributed by atoms with Gasteiger partial charge in [0.25, 0.3) is 5.91 Å². The Morgan fingerprint density at radius 1 is 1.48 bits per heavy atom. The Balaban J connectivity index is 1.66. The number of amides is 1. The van der Waals surface area contributed by atoms with Crippen LogP contribution in [0.1, 0.15) is 46.1 Å². The summed E-state index contributed by atoms with van der Waals surface area (Å²) in [5.41, 5.74) is 0.957. The number of hydrogen-bond donors (Lipinski definition) is 2. The van der Waals surface area contributed by atoms with Crippen molar-refractivity contribution in [3.8, 4) is 0 Å². The van der Waals surface area contributed by atoms with Crippen molar-refractivity contribution in [1.29, 1.82) is 0 Å². The van der Waals surface area contributed by atoms with Gasteiger partial charge in [-0.3, -0.25) is 9.48 Å². The normalized spacial score (nSPS) is 17.4. The molecule has 0 radical (unpaired) electrons. The van der Waals surface area contributed by atoms with Gasteiger partial charge in [-0.2, -0.15) is 0 Å². The quantitative estimate of drug-likeness (QED) is 0.829. The van der Waals surface area contributed by atoms with Crippen molar-refractivity contribution in [2.45, 2.75) is 39.2 Å². The van der Waals surface area contributed by atoms with Gasteiger partial charge in [-0.25, -0.2) is 4.79 Å². The van der Waals surface area contributed by atoms with Crippen LogP contribution in [-0.4, -0.2) is 40.5 Å². The number of rotatable bonds is 5. The molecule has 134 valence electrons. The highest BCUT2D eigenvalue weighted by molar-refractivity contribution is 5.95. The Bertz CT molecular complexity index is 805. The van der Waals surface area contributed by atoms with E-state index < -0.39 is 11.5 Å². The number of nitrogens with one attached hydrogen (secondary N) is 2. The van der Waals surface area contributed by atoms with Crippen molar-refractivity contribution in [1.82, 2.24) is 25.6 Å². The zero-order valence-corrected chi connectivity index (χ0v) is 14.5. The molecule has 2 N–H and O–H groups in total. The fourth-order valence-electron chi connectivity index (χ4n) is 3.08. The largest absolute Gasteiger partial charge is 0.427 e. The van der Waals surface area contributed by atoms with Gasteiger partial charge in [0.05, 0.1) is 12.2 Å². The molecule has 3 rings (SSSR count). The third kappa shape index (κ3) is 4.14. The second kappa shape index (κ2) is 7.60. The number of nitrogens with zero attached hydrogens (tertiary/aromatic N) is 3. The van der Waals surface area contributed by atoms with E-state index in [1.807, 2.05) is 13.0 Å². The molecule has 3 heterocycles. The van der Waals surface area contributed by atoms with Gasteiger partial charge in [0, 0.05) is 25.2 Å². The van der Waals surface area contributed by atoms with E-state index in [1.165, 1.54) is 0 Å².